The minimum absolute atomic E-state index is 0.0185. The Morgan fingerprint density at radius 2 is 1.89 bits per heavy atom. The zero-order valence-corrected chi connectivity index (χ0v) is 15.9. The van der Waals surface area contributed by atoms with E-state index in [2.05, 4.69) is 11.2 Å². The van der Waals surface area contributed by atoms with Crippen LogP contribution in [0.2, 0.25) is 0 Å². The Kier molecular flexibility index (Phi) is 4.86. The van der Waals surface area contributed by atoms with Gasteiger partial charge in [-0.2, -0.15) is 0 Å². The third-order valence-corrected chi connectivity index (χ3v) is 4.85. The van der Waals surface area contributed by atoms with Gasteiger partial charge in [0.1, 0.15) is 11.6 Å². The van der Waals surface area contributed by atoms with Gasteiger partial charge in [0, 0.05) is 24.1 Å². The monoisotopic (exact) mass is 380 g/mol. The van der Waals surface area contributed by atoms with Crippen molar-refractivity contribution in [3.05, 3.63) is 70.7 Å². The van der Waals surface area contributed by atoms with E-state index in [1.54, 1.807) is 17.0 Å². The lowest BCUT2D eigenvalue weighted by molar-refractivity contribution is -0.134. The maximum absolute atomic E-state index is 13.2. The van der Waals surface area contributed by atoms with Crippen LogP contribution in [0.3, 0.4) is 0 Å². The molecule has 1 aliphatic rings. The fourth-order valence-electron chi connectivity index (χ4n) is 3.51. The van der Waals surface area contributed by atoms with E-state index in [9.17, 15) is 9.18 Å². The molecule has 2 aromatic carbocycles. The standard InChI is InChI=1S/C22H21FN2O3/c1-14-9-15(2)11-18(10-14)27-13-21(26)25-8-7-20-19(12-25)22(28-24-20)16-3-5-17(23)6-4-16/h3-6,9-11H,7-8,12-13H2,1-2H3. The van der Waals surface area contributed by atoms with E-state index in [4.69, 9.17) is 9.26 Å². The Morgan fingerprint density at radius 3 is 2.61 bits per heavy atom. The topological polar surface area (TPSA) is 55.6 Å². The van der Waals surface area contributed by atoms with Crippen LogP contribution in [0.25, 0.3) is 11.3 Å². The first-order valence-electron chi connectivity index (χ1n) is 9.22. The number of rotatable bonds is 4. The number of hydrogen-bond acceptors (Lipinski definition) is 4. The first-order valence-corrected chi connectivity index (χ1v) is 9.22. The van der Waals surface area contributed by atoms with E-state index < -0.39 is 0 Å². The van der Waals surface area contributed by atoms with Gasteiger partial charge in [-0.15, -0.1) is 0 Å². The summed E-state index contributed by atoms with van der Waals surface area (Å²) in [5.74, 6) is 0.886. The summed E-state index contributed by atoms with van der Waals surface area (Å²) < 4.78 is 24.4. The summed E-state index contributed by atoms with van der Waals surface area (Å²) in [6.07, 6.45) is 0.620. The minimum atomic E-state index is -0.308. The Morgan fingerprint density at radius 1 is 1.18 bits per heavy atom. The van der Waals surface area contributed by atoms with Crippen LogP contribution in [0.15, 0.2) is 47.0 Å². The van der Waals surface area contributed by atoms with Crippen molar-refractivity contribution < 1.29 is 18.4 Å². The van der Waals surface area contributed by atoms with Gasteiger partial charge in [0.05, 0.1) is 12.2 Å². The summed E-state index contributed by atoms with van der Waals surface area (Å²) in [5, 5.41) is 4.12. The van der Waals surface area contributed by atoms with Crippen molar-refractivity contribution in [2.24, 2.45) is 0 Å². The Hall–Kier alpha value is -3.15. The van der Waals surface area contributed by atoms with Crippen LogP contribution < -0.4 is 4.74 Å². The molecule has 0 radical (unpaired) electrons. The quantitative estimate of drug-likeness (QED) is 0.685. The average molecular weight is 380 g/mol. The number of aromatic nitrogens is 1. The number of hydrogen-bond donors (Lipinski definition) is 0. The van der Waals surface area contributed by atoms with Crippen LogP contribution in [-0.2, 0) is 17.8 Å². The first kappa shape index (κ1) is 18.2. The van der Waals surface area contributed by atoms with Crippen molar-refractivity contribution in [3.63, 3.8) is 0 Å². The summed E-state index contributed by atoms with van der Waals surface area (Å²) >= 11 is 0. The number of carbonyl (C=O) groups is 1. The number of ether oxygens (including phenoxy) is 1. The van der Waals surface area contributed by atoms with E-state index in [0.717, 1.165) is 27.9 Å². The lowest BCUT2D eigenvalue weighted by atomic mass is 10.0. The third-order valence-electron chi connectivity index (χ3n) is 4.85. The van der Waals surface area contributed by atoms with Crippen molar-refractivity contribution in [2.75, 3.05) is 13.2 Å². The first-order chi connectivity index (χ1) is 13.5. The molecule has 0 aliphatic carbocycles. The van der Waals surface area contributed by atoms with Crippen molar-refractivity contribution >= 4 is 5.91 Å². The fraction of sp³-hybridized carbons (Fsp3) is 0.273. The van der Waals surface area contributed by atoms with Crippen molar-refractivity contribution in [1.82, 2.24) is 10.1 Å². The summed E-state index contributed by atoms with van der Waals surface area (Å²) in [6.45, 7) is 4.95. The molecule has 1 amide bonds. The van der Waals surface area contributed by atoms with Crippen LogP contribution in [-0.4, -0.2) is 29.1 Å². The highest BCUT2D eigenvalue weighted by atomic mass is 19.1. The second-order valence-corrected chi connectivity index (χ2v) is 7.12. The lowest BCUT2D eigenvalue weighted by Crippen LogP contribution is -2.38. The maximum atomic E-state index is 13.2. The largest absolute Gasteiger partial charge is 0.484 e. The van der Waals surface area contributed by atoms with Gasteiger partial charge < -0.3 is 14.2 Å². The number of fused-ring (bicyclic) bond motifs is 1. The molecule has 0 atom stereocenters. The van der Waals surface area contributed by atoms with E-state index in [-0.39, 0.29) is 18.3 Å². The molecule has 0 saturated carbocycles. The molecule has 2 heterocycles. The Balaban J connectivity index is 1.46. The summed E-state index contributed by atoms with van der Waals surface area (Å²) in [4.78, 5) is 14.4. The smallest absolute Gasteiger partial charge is 0.260 e. The van der Waals surface area contributed by atoms with E-state index in [0.29, 0.717) is 31.0 Å². The molecule has 5 nitrogen and oxygen atoms in total. The summed E-state index contributed by atoms with van der Waals surface area (Å²) in [5.41, 5.74) is 4.66. The predicted molar refractivity (Wildman–Crippen MR) is 102 cm³/mol. The number of nitrogens with zero attached hydrogens (tertiary/aromatic N) is 2. The molecule has 0 bridgehead atoms. The molecule has 0 N–H and O–H groups in total. The predicted octanol–water partition coefficient (Wildman–Crippen LogP) is 4.06. The maximum Gasteiger partial charge on any atom is 0.260 e. The van der Waals surface area contributed by atoms with Gasteiger partial charge in [0.15, 0.2) is 12.4 Å². The Labute approximate surface area is 162 Å². The minimum Gasteiger partial charge on any atom is -0.484 e. The molecule has 1 aliphatic heterocycles. The molecule has 144 valence electrons. The molecule has 0 spiro atoms. The SMILES string of the molecule is Cc1cc(C)cc(OCC(=O)N2CCc3noc(-c4ccc(F)cc4)c3C2)c1. The van der Waals surface area contributed by atoms with Crippen molar-refractivity contribution in [3.8, 4) is 17.1 Å². The van der Waals surface area contributed by atoms with Gasteiger partial charge >= 0.3 is 0 Å². The molecule has 4 rings (SSSR count). The van der Waals surface area contributed by atoms with Crippen LogP contribution >= 0.6 is 0 Å². The Bertz CT molecular complexity index is 991. The van der Waals surface area contributed by atoms with E-state index in [1.165, 1.54) is 12.1 Å². The lowest BCUT2D eigenvalue weighted by Gasteiger charge is -2.26. The fourth-order valence-corrected chi connectivity index (χ4v) is 3.51. The number of benzene rings is 2. The van der Waals surface area contributed by atoms with Gasteiger partial charge in [0.25, 0.3) is 5.91 Å². The highest BCUT2D eigenvalue weighted by Gasteiger charge is 2.27. The molecular formula is C22H21FN2O3. The van der Waals surface area contributed by atoms with Crippen LogP contribution in [0.5, 0.6) is 5.75 Å². The second-order valence-electron chi connectivity index (χ2n) is 7.12. The zero-order valence-electron chi connectivity index (χ0n) is 15.9. The molecule has 0 saturated heterocycles. The molecule has 28 heavy (non-hydrogen) atoms. The van der Waals surface area contributed by atoms with Crippen molar-refractivity contribution in [1.29, 1.82) is 0 Å². The average Bonchev–Trinajstić information content (AvgIpc) is 3.09. The highest BCUT2D eigenvalue weighted by Crippen LogP contribution is 2.30. The number of aryl methyl sites for hydroxylation is 2. The van der Waals surface area contributed by atoms with Gasteiger partial charge in [-0.05, 0) is 61.4 Å². The highest BCUT2D eigenvalue weighted by molar-refractivity contribution is 5.78. The molecular weight excluding hydrogens is 359 g/mol. The van der Waals surface area contributed by atoms with Gasteiger partial charge in [-0.1, -0.05) is 11.2 Å². The molecule has 0 unspecified atom stereocenters. The summed E-state index contributed by atoms with van der Waals surface area (Å²) in [6, 6.07) is 12.0. The van der Waals surface area contributed by atoms with Crippen LogP contribution in [0, 0.1) is 19.7 Å². The second kappa shape index (κ2) is 7.46. The molecule has 6 heteroatoms. The van der Waals surface area contributed by atoms with Gasteiger partial charge in [0.2, 0.25) is 0 Å². The zero-order chi connectivity index (χ0) is 19.7. The van der Waals surface area contributed by atoms with E-state index in [1.807, 2.05) is 26.0 Å². The van der Waals surface area contributed by atoms with E-state index >= 15 is 0 Å². The molecule has 0 fully saturated rings. The van der Waals surface area contributed by atoms with Crippen LogP contribution in [0.1, 0.15) is 22.4 Å². The molecule has 1 aromatic heterocycles. The third kappa shape index (κ3) is 3.76. The number of amides is 1. The number of halogens is 1. The number of carbonyl (C=O) groups excluding carboxylic acids is 1. The van der Waals surface area contributed by atoms with Gasteiger partial charge in [-0.3, -0.25) is 4.79 Å². The van der Waals surface area contributed by atoms with Crippen LogP contribution in [0.4, 0.5) is 4.39 Å². The summed E-state index contributed by atoms with van der Waals surface area (Å²) in [7, 11) is 0. The van der Waals surface area contributed by atoms with Gasteiger partial charge in [-0.25, -0.2) is 4.39 Å². The molecule has 3 aromatic rings. The van der Waals surface area contributed by atoms with Crippen molar-refractivity contribution in [2.45, 2.75) is 26.8 Å². The normalized spacial score (nSPS) is 13.3.